The molecule has 0 N–H and O–H groups in total. The molecule has 0 nitrogen and oxygen atoms in total. The highest BCUT2D eigenvalue weighted by molar-refractivity contribution is 4.90. The second kappa shape index (κ2) is 6.81. The van der Waals surface area contributed by atoms with Crippen LogP contribution in [0.2, 0.25) is 0 Å². The Hall–Kier alpha value is 0. The van der Waals surface area contributed by atoms with Gasteiger partial charge >= 0.3 is 0 Å². The summed E-state index contributed by atoms with van der Waals surface area (Å²) in [5, 5.41) is 0. The highest BCUT2D eigenvalue weighted by Crippen LogP contribution is 2.51. The third kappa shape index (κ3) is 5.02. The first kappa shape index (κ1) is 15.1. The Kier molecular flexibility index (Phi) is 6.03. The van der Waals surface area contributed by atoms with Gasteiger partial charge in [0.05, 0.1) is 0 Å². The van der Waals surface area contributed by atoms with Crippen molar-refractivity contribution in [3.63, 3.8) is 0 Å². The highest BCUT2D eigenvalue weighted by atomic mass is 14.4. The molecule has 1 unspecified atom stereocenters. The van der Waals surface area contributed by atoms with Gasteiger partial charge in [-0.05, 0) is 48.9 Å². The summed E-state index contributed by atoms with van der Waals surface area (Å²) in [4.78, 5) is 0. The molecular weight excluding hydrogens is 204 g/mol. The monoisotopic (exact) mass is 238 g/mol. The van der Waals surface area contributed by atoms with Crippen LogP contribution in [0.25, 0.3) is 0 Å². The lowest BCUT2D eigenvalue weighted by Gasteiger charge is -2.45. The summed E-state index contributed by atoms with van der Waals surface area (Å²) in [5.41, 5.74) is 0.756. The largest absolute Gasteiger partial charge is 0.0651 e. The average molecular weight is 238 g/mol. The van der Waals surface area contributed by atoms with Crippen molar-refractivity contribution in [2.75, 3.05) is 0 Å². The Morgan fingerprint density at radius 1 is 0.882 bits per heavy atom. The molecule has 0 spiro atoms. The van der Waals surface area contributed by atoms with E-state index in [0.717, 1.165) is 23.2 Å². The number of rotatable bonds is 8. The normalized spacial score (nSPS) is 20.6. The second-order valence-electron chi connectivity index (χ2n) is 7.40. The fourth-order valence-electron chi connectivity index (χ4n) is 3.67. The van der Waals surface area contributed by atoms with Crippen molar-refractivity contribution in [1.82, 2.24) is 0 Å². The summed E-state index contributed by atoms with van der Waals surface area (Å²) in [6, 6.07) is 0. The first-order valence-electron chi connectivity index (χ1n) is 7.97. The van der Waals surface area contributed by atoms with Crippen LogP contribution >= 0.6 is 0 Å². The molecule has 1 aliphatic carbocycles. The molecule has 0 heterocycles. The number of hydrogen-bond donors (Lipinski definition) is 0. The van der Waals surface area contributed by atoms with Crippen molar-refractivity contribution in [3.05, 3.63) is 0 Å². The lowest BCUT2D eigenvalue weighted by atomic mass is 9.60. The summed E-state index contributed by atoms with van der Waals surface area (Å²) < 4.78 is 0. The van der Waals surface area contributed by atoms with Crippen LogP contribution in [0.1, 0.15) is 86.0 Å². The minimum atomic E-state index is 0.756. The average Bonchev–Trinajstić information content (AvgIpc) is 2.19. The summed E-state index contributed by atoms with van der Waals surface area (Å²) in [7, 11) is 0. The molecule has 1 atom stereocenters. The van der Waals surface area contributed by atoms with Crippen LogP contribution in [-0.4, -0.2) is 0 Å². The van der Waals surface area contributed by atoms with Crippen molar-refractivity contribution in [2.24, 2.45) is 23.2 Å². The Labute approximate surface area is 110 Å². The van der Waals surface area contributed by atoms with Crippen LogP contribution in [0.5, 0.6) is 0 Å². The van der Waals surface area contributed by atoms with E-state index in [0.29, 0.717) is 0 Å². The fraction of sp³-hybridized carbons (Fsp3) is 1.00. The fourth-order valence-corrected chi connectivity index (χ4v) is 3.67. The Morgan fingerprint density at radius 3 is 1.88 bits per heavy atom. The van der Waals surface area contributed by atoms with E-state index in [4.69, 9.17) is 0 Å². The van der Waals surface area contributed by atoms with Crippen molar-refractivity contribution in [1.29, 1.82) is 0 Å². The molecule has 0 aromatic rings. The molecule has 0 amide bonds. The quantitative estimate of drug-likeness (QED) is 0.482. The predicted octanol–water partition coefficient (Wildman–Crippen LogP) is 6.06. The molecule has 1 fully saturated rings. The zero-order valence-electron chi connectivity index (χ0n) is 12.9. The van der Waals surface area contributed by atoms with E-state index < -0.39 is 0 Å². The van der Waals surface area contributed by atoms with Crippen LogP contribution in [0.3, 0.4) is 0 Å². The van der Waals surface area contributed by atoms with Gasteiger partial charge < -0.3 is 0 Å². The van der Waals surface area contributed by atoms with Gasteiger partial charge in [-0.2, -0.15) is 0 Å². The molecular formula is C17H34. The molecule has 0 aromatic carbocycles. The molecule has 1 aliphatic rings. The topological polar surface area (TPSA) is 0 Å². The third-order valence-corrected chi connectivity index (χ3v) is 4.71. The first-order valence-corrected chi connectivity index (χ1v) is 7.97. The highest BCUT2D eigenvalue weighted by Gasteiger charge is 2.38. The van der Waals surface area contributed by atoms with Gasteiger partial charge in [-0.25, -0.2) is 0 Å². The van der Waals surface area contributed by atoms with Gasteiger partial charge in [0.1, 0.15) is 0 Å². The summed E-state index contributed by atoms with van der Waals surface area (Å²) >= 11 is 0. The van der Waals surface area contributed by atoms with Crippen LogP contribution in [0.4, 0.5) is 0 Å². The second-order valence-corrected chi connectivity index (χ2v) is 7.40. The Balaban J connectivity index is 2.41. The maximum Gasteiger partial charge on any atom is -0.0292 e. The van der Waals surface area contributed by atoms with Gasteiger partial charge in [0, 0.05) is 0 Å². The van der Waals surface area contributed by atoms with E-state index in [1.54, 1.807) is 0 Å². The molecule has 0 saturated heterocycles. The molecule has 1 rings (SSSR count). The van der Waals surface area contributed by atoms with Gasteiger partial charge in [0.25, 0.3) is 0 Å². The SMILES string of the molecule is CCC(CCC(C)C)CC1(CC(C)C)CCC1. The van der Waals surface area contributed by atoms with Crippen LogP contribution in [-0.2, 0) is 0 Å². The molecule has 0 heteroatoms. The molecule has 102 valence electrons. The third-order valence-electron chi connectivity index (χ3n) is 4.71. The predicted molar refractivity (Wildman–Crippen MR) is 78.2 cm³/mol. The maximum atomic E-state index is 2.40. The van der Waals surface area contributed by atoms with Gasteiger partial charge in [-0.1, -0.05) is 60.3 Å². The zero-order chi connectivity index (χ0) is 12.9. The van der Waals surface area contributed by atoms with Crippen molar-refractivity contribution in [3.8, 4) is 0 Å². The smallest absolute Gasteiger partial charge is 0.0292 e. The van der Waals surface area contributed by atoms with Gasteiger partial charge in [-0.3, -0.25) is 0 Å². The summed E-state index contributed by atoms with van der Waals surface area (Å²) in [6.07, 6.45) is 11.8. The minimum Gasteiger partial charge on any atom is -0.0651 e. The van der Waals surface area contributed by atoms with E-state index in [2.05, 4.69) is 34.6 Å². The first-order chi connectivity index (χ1) is 7.97. The molecule has 1 saturated carbocycles. The van der Waals surface area contributed by atoms with Crippen LogP contribution in [0.15, 0.2) is 0 Å². The standard InChI is InChI=1S/C17H34/c1-6-16(9-8-14(2)3)13-17(10-7-11-17)12-15(4)5/h14-16H,6-13H2,1-5H3. The van der Waals surface area contributed by atoms with Crippen molar-refractivity contribution < 1.29 is 0 Å². The lowest BCUT2D eigenvalue weighted by Crippen LogP contribution is -2.33. The van der Waals surface area contributed by atoms with Gasteiger partial charge in [0.2, 0.25) is 0 Å². The minimum absolute atomic E-state index is 0.756. The number of hydrogen-bond acceptors (Lipinski definition) is 0. The van der Waals surface area contributed by atoms with Gasteiger partial charge in [0.15, 0.2) is 0 Å². The van der Waals surface area contributed by atoms with E-state index in [1.807, 2.05) is 0 Å². The van der Waals surface area contributed by atoms with E-state index in [1.165, 1.54) is 51.4 Å². The van der Waals surface area contributed by atoms with Crippen LogP contribution in [0, 0.1) is 23.2 Å². The lowest BCUT2D eigenvalue weighted by molar-refractivity contribution is 0.0612. The van der Waals surface area contributed by atoms with E-state index in [-0.39, 0.29) is 0 Å². The molecule has 0 aromatic heterocycles. The van der Waals surface area contributed by atoms with E-state index in [9.17, 15) is 0 Å². The van der Waals surface area contributed by atoms with Gasteiger partial charge in [-0.15, -0.1) is 0 Å². The maximum absolute atomic E-state index is 2.40. The summed E-state index contributed by atoms with van der Waals surface area (Å²) in [6.45, 7) is 11.9. The Morgan fingerprint density at radius 2 is 1.53 bits per heavy atom. The molecule has 0 radical (unpaired) electrons. The molecule has 17 heavy (non-hydrogen) atoms. The van der Waals surface area contributed by atoms with Crippen LogP contribution < -0.4 is 0 Å². The molecule has 0 aliphatic heterocycles. The summed E-state index contributed by atoms with van der Waals surface area (Å²) in [5.74, 6) is 2.76. The Bertz CT molecular complexity index is 198. The zero-order valence-corrected chi connectivity index (χ0v) is 12.9. The molecule has 0 bridgehead atoms. The van der Waals surface area contributed by atoms with E-state index >= 15 is 0 Å². The van der Waals surface area contributed by atoms with Crippen molar-refractivity contribution >= 4 is 0 Å². The van der Waals surface area contributed by atoms with Crippen molar-refractivity contribution in [2.45, 2.75) is 86.0 Å².